The number of aliphatic carboxylic acids is 1. The summed E-state index contributed by atoms with van der Waals surface area (Å²) in [5.41, 5.74) is 0. The third-order valence-electron chi connectivity index (χ3n) is 1.22. The quantitative estimate of drug-likeness (QED) is 0.697. The summed E-state index contributed by atoms with van der Waals surface area (Å²) in [5, 5.41) is 11.0. The molecular formula is C7H7NO2S. The van der Waals surface area contributed by atoms with Crippen molar-refractivity contribution in [2.45, 2.75) is 5.92 Å². The van der Waals surface area contributed by atoms with E-state index in [1.807, 2.05) is 0 Å². The maximum atomic E-state index is 10.5. The van der Waals surface area contributed by atoms with Gasteiger partial charge in [-0.2, -0.15) is 0 Å². The van der Waals surface area contributed by atoms with E-state index in [1.54, 1.807) is 11.6 Å². The smallest absolute Gasteiger partial charge is 0.317 e. The molecule has 0 aliphatic carbocycles. The van der Waals surface area contributed by atoms with E-state index >= 15 is 0 Å². The minimum atomic E-state index is -0.907. The van der Waals surface area contributed by atoms with Gasteiger partial charge >= 0.3 is 5.97 Å². The molecule has 0 aromatic carbocycles. The number of rotatable bonds is 3. The molecule has 1 aromatic heterocycles. The van der Waals surface area contributed by atoms with Gasteiger partial charge in [0, 0.05) is 11.6 Å². The number of thiazole rings is 1. The fourth-order valence-corrected chi connectivity index (χ4v) is 1.42. The Hall–Kier alpha value is -1.16. The average Bonchev–Trinajstić information content (AvgIpc) is 2.40. The molecule has 0 fully saturated rings. The van der Waals surface area contributed by atoms with Crippen LogP contribution in [0.5, 0.6) is 0 Å². The molecule has 0 saturated carbocycles. The van der Waals surface area contributed by atoms with Crippen molar-refractivity contribution in [1.29, 1.82) is 0 Å². The van der Waals surface area contributed by atoms with Crippen LogP contribution in [0.1, 0.15) is 10.9 Å². The number of carbonyl (C=O) groups is 1. The van der Waals surface area contributed by atoms with Crippen molar-refractivity contribution >= 4 is 17.3 Å². The lowest BCUT2D eigenvalue weighted by Gasteiger charge is -2.00. The van der Waals surface area contributed by atoms with Gasteiger partial charge in [0.05, 0.1) is 0 Å². The second kappa shape index (κ2) is 3.30. The predicted molar refractivity (Wildman–Crippen MR) is 42.7 cm³/mol. The number of hydrogen-bond acceptors (Lipinski definition) is 3. The summed E-state index contributed by atoms with van der Waals surface area (Å²) in [7, 11) is 0. The molecule has 1 unspecified atom stereocenters. The molecule has 11 heavy (non-hydrogen) atoms. The molecule has 0 bridgehead atoms. The van der Waals surface area contributed by atoms with Gasteiger partial charge in [0.25, 0.3) is 0 Å². The van der Waals surface area contributed by atoms with Gasteiger partial charge in [0.15, 0.2) is 0 Å². The molecule has 3 nitrogen and oxygen atoms in total. The minimum absolute atomic E-state index is 0.576. The summed E-state index contributed by atoms with van der Waals surface area (Å²) in [4.78, 5) is 14.4. The van der Waals surface area contributed by atoms with Crippen LogP contribution in [-0.4, -0.2) is 16.1 Å². The summed E-state index contributed by atoms with van der Waals surface area (Å²) < 4.78 is 0. The van der Waals surface area contributed by atoms with Crippen LogP contribution in [0.3, 0.4) is 0 Å². The van der Waals surface area contributed by atoms with Crippen LogP contribution < -0.4 is 0 Å². The fraction of sp³-hybridized carbons (Fsp3) is 0.143. The lowest BCUT2D eigenvalue weighted by atomic mass is 10.2. The molecule has 1 heterocycles. The summed E-state index contributed by atoms with van der Waals surface area (Å²) >= 11 is 1.32. The Balaban J connectivity index is 2.88. The Kier molecular flexibility index (Phi) is 2.38. The summed E-state index contributed by atoms with van der Waals surface area (Å²) in [5.74, 6) is -1.56. The lowest BCUT2D eigenvalue weighted by Crippen LogP contribution is -2.07. The number of carboxylic acids is 1. The van der Waals surface area contributed by atoms with Crippen LogP contribution in [0.4, 0.5) is 0 Å². The number of nitrogens with zero attached hydrogens (tertiary/aromatic N) is 1. The van der Waals surface area contributed by atoms with Gasteiger partial charge in [-0.25, -0.2) is 4.98 Å². The van der Waals surface area contributed by atoms with Crippen molar-refractivity contribution in [3.8, 4) is 0 Å². The first kappa shape index (κ1) is 7.94. The normalized spacial score (nSPS) is 12.4. The van der Waals surface area contributed by atoms with Crippen LogP contribution in [-0.2, 0) is 4.79 Å². The molecular weight excluding hydrogens is 162 g/mol. The zero-order valence-electron chi connectivity index (χ0n) is 5.73. The zero-order chi connectivity index (χ0) is 8.27. The molecule has 1 aromatic rings. The van der Waals surface area contributed by atoms with Gasteiger partial charge in [-0.05, 0) is 0 Å². The Morgan fingerprint density at radius 2 is 2.64 bits per heavy atom. The van der Waals surface area contributed by atoms with Crippen molar-refractivity contribution in [1.82, 2.24) is 4.98 Å². The Bertz CT molecular complexity index is 255. The van der Waals surface area contributed by atoms with E-state index in [2.05, 4.69) is 11.6 Å². The van der Waals surface area contributed by atoms with E-state index in [0.29, 0.717) is 5.01 Å². The highest BCUT2D eigenvalue weighted by molar-refractivity contribution is 7.09. The van der Waals surface area contributed by atoms with Crippen molar-refractivity contribution in [3.63, 3.8) is 0 Å². The molecule has 58 valence electrons. The van der Waals surface area contributed by atoms with E-state index in [-0.39, 0.29) is 0 Å². The molecule has 0 spiro atoms. The van der Waals surface area contributed by atoms with Gasteiger partial charge in [-0.15, -0.1) is 17.9 Å². The van der Waals surface area contributed by atoms with Crippen molar-refractivity contribution in [2.75, 3.05) is 0 Å². The highest BCUT2D eigenvalue weighted by atomic mass is 32.1. The molecule has 4 heteroatoms. The third-order valence-corrected chi connectivity index (χ3v) is 2.08. The fourth-order valence-electron chi connectivity index (χ4n) is 0.695. The second-order valence-electron chi connectivity index (χ2n) is 1.92. The van der Waals surface area contributed by atoms with Crippen molar-refractivity contribution in [3.05, 3.63) is 29.2 Å². The Morgan fingerprint density at radius 1 is 1.91 bits per heavy atom. The highest BCUT2D eigenvalue weighted by Gasteiger charge is 2.17. The highest BCUT2D eigenvalue weighted by Crippen LogP contribution is 2.18. The summed E-state index contributed by atoms with van der Waals surface area (Å²) in [6.07, 6.45) is 2.96. The molecule has 0 amide bonds. The van der Waals surface area contributed by atoms with Crippen LogP contribution in [0, 0.1) is 0 Å². The van der Waals surface area contributed by atoms with Crippen LogP contribution in [0.25, 0.3) is 0 Å². The lowest BCUT2D eigenvalue weighted by molar-refractivity contribution is -0.137. The molecule has 0 aliphatic rings. The van der Waals surface area contributed by atoms with E-state index in [1.165, 1.54) is 17.4 Å². The molecule has 1 N–H and O–H groups in total. The monoisotopic (exact) mass is 169 g/mol. The van der Waals surface area contributed by atoms with Gasteiger partial charge in [-0.1, -0.05) is 6.08 Å². The summed E-state index contributed by atoms with van der Waals surface area (Å²) in [6.45, 7) is 3.42. The van der Waals surface area contributed by atoms with E-state index in [9.17, 15) is 4.79 Å². The van der Waals surface area contributed by atoms with Gasteiger partial charge in [0.1, 0.15) is 10.9 Å². The number of carboxylic acid groups (broad SMARTS) is 1. The average molecular weight is 169 g/mol. The van der Waals surface area contributed by atoms with E-state index in [4.69, 9.17) is 5.11 Å². The van der Waals surface area contributed by atoms with Crippen LogP contribution >= 0.6 is 11.3 Å². The van der Waals surface area contributed by atoms with Gasteiger partial charge in [-0.3, -0.25) is 4.79 Å². The first-order chi connectivity index (χ1) is 5.25. The first-order valence-electron chi connectivity index (χ1n) is 3.00. The summed E-state index contributed by atoms with van der Waals surface area (Å²) in [6, 6.07) is 0. The number of aromatic nitrogens is 1. The predicted octanol–water partition coefficient (Wildman–Crippen LogP) is 1.50. The first-order valence-corrected chi connectivity index (χ1v) is 3.88. The molecule has 0 saturated heterocycles. The Labute approximate surface area is 68.0 Å². The standard InChI is InChI=1S/C7H7NO2S/c1-2-5(7(9)10)6-8-3-4-11-6/h2-5H,1H2,(H,9,10). The molecule has 0 aliphatic heterocycles. The maximum absolute atomic E-state index is 10.5. The van der Waals surface area contributed by atoms with Crippen LogP contribution in [0.2, 0.25) is 0 Å². The minimum Gasteiger partial charge on any atom is -0.480 e. The van der Waals surface area contributed by atoms with Crippen molar-refractivity contribution < 1.29 is 9.90 Å². The Morgan fingerprint density at radius 3 is 3.00 bits per heavy atom. The molecule has 0 radical (unpaired) electrons. The topological polar surface area (TPSA) is 50.2 Å². The zero-order valence-corrected chi connectivity index (χ0v) is 6.54. The largest absolute Gasteiger partial charge is 0.480 e. The van der Waals surface area contributed by atoms with Gasteiger partial charge < -0.3 is 5.11 Å². The van der Waals surface area contributed by atoms with Crippen LogP contribution in [0.15, 0.2) is 24.2 Å². The molecule has 1 rings (SSSR count). The van der Waals surface area contributed by atoms with E-state index < -0.39 is 11.9 Å². The second-order valence-corrected chi connectivity index (χ2v) is 2.85. The molecule has 1 atom stereocenters. The van der Waals surface area contributed by atoms with Crippen molar-refractivity contribution in [2.24, 2.45) is 0 Å². The SMILES string of the molecule is C=CC(C(=O)O)c1nccs1. The number of hydrogen-bond donors (Lipinski definition) is 1. The third kappa shape index (κ3) is 1.65. The van der Waals surface area contributed by atoms with Gasteiger partial charge in [0.2, 0.25) is 0 Å². The maximum Gasteiger partial charge on any atom is 0.317 e. The van der Waals surface area contributed by atoms with E-state index in [0.717, 1.165) is 0 Å².